The summed E-state index contributed by atoms with van der Waals surface area (Å²) < 4.78 is 37.8. The number of rotatable bonds is 9. The minimum Gasteiger partial charge on any atom is -0.466 e. The van der Waals surface area contributed by atoms with Crippen molar-refractivity contribution in [2.24, 2.45) is 5.92 Å². The third-order valence-electron chi connectivity index (χ3n) is 5.40. The largest absolute Gasteiger partial charge is 0.466 e. The summed E-state index contributed by atoms with van der Waals surface area (Å²) in [5.41, 5.74) is 1.42. The molecule has 5 nitrogen and oxygen atoms in total. The van der Waals surface area contributed by atoms with Crippen LogP contribution < -0.4 is 0 Å². The number of halogens is 2. The highest BCUT2D eigenvalue weighted by Gasteiger charge is 2.28. The van der Waals surface area contributed by atoms with Crippen molar-refractivity contribution in [3.8, 4) is 0 Å². The SMILES string of the molecule is CCOC(=O)[C@H]1CCCN(C[C@H](O)COC(c2ccc(F)cc2)c2ccc(F)cc2)C1. The Morgan fingerprint density at radius 2 is 1.68 bits per heavy atom. The lowest BCUT2D eigenvalue weighted by Gasteiger charge is -2.33. The van der Waals surface area contributed by atoms with Gasteiger partial charge in [-0.1, -0.05) is 24.3 Å². The van der Waals surface area contributed by atoms with Crippen molar-refractivity contribution in [3.63, 3.8) is 0 Å². The molecule has 0 unspecified atom stereocenters. The molecule has 0 saturated carbocycles. The van der Waals surface area contributed by atoms with Crippen LogP contribution in [0.4, 0.5) is 8.78 Å². The molecule has 0 spiro atoms. The van der Waals surface area contributed by atoms with Crippen molar-refractivity contribution in [2.45, 2.75) is 32.0 Å². The summed E-state index contributed by atoms with van der Waals surface area (Å²) >= 11 is 0. The van der Waals surface area contributed by atoms with Crippen LogP contribution in [0.25, 0.3) is 0 Å². The fourth-order valence-corrected chi connectivity index (χ4v) is 3.89. The van der Waals surface area contributed by atoms with Crippen LogP contribution in [0.1, 0.15) is 37.0 Å². The predicted molar refractivity (Wildman–Crippen MR) is 112 cm³/mol. The molecule has 168 valence electrons. The van der Waals surface area contributed by atoms with Crippen molar-refractivity contribution >= 4 is 5.97 Å². The van der Waals surface area contributed by atoms with Crippen LogP contribution in [-0.4, -0.2) is 54.9 Å². The zero-order chi connectivity index (χ0) is 22.2. The molecule has 0 aromatic heterocycles. The standard InChI is InChI=1S/C24H29F2NO4/c1-2-30-24(29)19-4-3-13-27(14-19)15-22(28)16-31-23(17-5-9-20(25)10-6-17)18-7-11-21(26)12-8-18/h5-12,19,22-23,28H,2-4,13-16H2,1H3/t19-,22-/m0/s1. The van der Waals surface area contributed by atoms with E-state index in [2.05, 4.69) is 0 Å². The van der Waals surface area contributed by atoms with Gasteiger partial charge in [0.15, 0.2) is 0 Å². The van der Waals surface area contributed by atoms with E-state index in [1.165, 1.54) is 24.3 Å². The molecular weight excluding hydrogens is 404 g/mol. The number of carbonyl (C=O) groups is 1. The van der Waals surface area contributed by atoms with Crippen molar-refractivity contribution < 1.29 is 28.2 Å². The fraction of sp³-hybridized carbons (Fsp3) is 0.458. The Bertz CT molecular complexity index is 783. The minimum absolute atomic E-state index is 0.0417. The van der Waals surface area contributed by atoms with E-state index < -0.39 is 12.2 Å². The van der Waals surface area contributed by atoms with Gasteiger partial charge < -0.3 is 14.6 Å². The maximum atomic E-state index is 13.3. The van der Waals surface area contributed by atoms with Crippen LogP contribution in [0.15, 0.2) is 48.5 Å². The number of benzene rings is 2. The summed E-state index contributed by atoms with van der Waals surface area (Å²) in [7, 11) is 0. The maximum Gasteiger partial charge on any atom is 0.310 e. The van der Waals surface area contributed by atoms with Crippen LogP contribution in [0.2, 0.25) is 0 Å². The second kappa shape index (κ2) is 11.3. The molecule has 1 saturated heterocycles. The first kappa shape index (κ1) is 23.3. The Balaban J connectivity index is 1.61. The molecule has 2 aromatic carbocycles. The number of likely N-dealkylation sites (tertiary alicyclic amines) is 1. The zero-order valence-electron chi connectivity index (χ0n) is 17.7. The third kappa shape index (κ3) is 6.82. The number of nitrogens with zero attached hydrogens (tertiary/aromatic N) is 1. The lowest BCUT2D eigenvalue weighted by Crippen LogP contribution is -2.43. The molecule has 7 heteroatoms. The molecule has 2 aromatic rings. The average Bonchev–Trinajstić information content (AvgIpc) is 2.76. The highest BCUT2D eigenvalue weighted by atomic mass is 19.1. The number of aliphatic hydroxyl groups is 1. The Morgan fingerprint density at radius 1 is 1.10 bits per heavy atom. The molecule has 31 heavy (non-hydrogen) atoms. The van der Waals surface area contributed by atoms with Crippen LogP contribution in [0.3, 0.4) is 0 Å². The van der Waals surface area contributed by atoms with Crippen molar-refractivity contribution in [2.75, 3.05) is 32.8 Å². The van der Waals surface area contributed by atoms with E-state index in [9.17, 15) is 18.7 Å². The topological polar surface area (TPSA) is 59.0 Å². The third-order valence-corrected chi connectivity index (χ3v) is 5.40. The second-order valence-electron chi connectivity index (χ2n) is 7.82. The highest BCUT2D eigenvalue weighted by Crippen LogP contribution is 2.27. The summed E-state index contributed by atoms with van der Waals surface area (Å²) in [5, 5.41) is 10.6. The van der Waals surface area contributed by atoms with Crippen molar-refractivity contribution in [1.82, 2.24) is 4.90 Å². The van der Waals surface area contributed by atoms with Gasteiger partial charge in [-0.2, -0.15) is 0 Å². The van der Waals surface area contributed by atoms with E-state index in [0.29, 0.717) is 30.8 Å². The van der Waals surface area contributed by atoms with E-state index in [-0.39, 0.29) is 30.1 Å². The Labute approximate surface area is 181 Å². The molecular formula is C24H29F2NO4. The summed E-state index contributed by atoms with van der Waals surface area (Å²) in [6.45, 7) is 3.91. The van der Waals surface area contributed by atoms with E-state index in [1.807, 2.05) is 4.90 Å². The molecule has 2 atom stereocenters. The Morgan fingerprint density at radius 3 is 2.23 bits per heavy atom. The van der Waals surface area contributed by atoms with Crippen LogP contribution in [0, 0.1) is 17.6 Å². The van der Waals surface area contributed by atoms with Gasteiger partial charge in [0.25, 0.3) is 0 Å². The van der Waals surface area contributed by atoms with Crippen molar-refractivity contribution in [1.29, 1.82) is 0 Å². The molecule has 1 aliphatic rings. The fourth-order valence-electron chi connectivity index (χ4n) is 3.89. The lowest BCUT2D eigenvalue weighted by molar-refractivity contribution is -0.150. The van der Waals surface area contributed by atoms with Gasteiger partial charge in [0, 0.05) is 13.1 Å². The summed E-state index contributed by atoms with van der Waals surface area (Å²) in [4.78, 5) is 14.1. The zero-order valence-corrected chi connectivity index (χ0v) is 17.7. The van der Waals surface area contributed by atoms with Crippen molar-refractivity contribution in [3.05, 3.63) is 71.3 Å². The maximum absolute atomic E-state index is 13.3. The number of esters is 1. The first-order chi connectivity index (χ1) is 15.0. The number of hydrogen-bond acceptors (Lipinski definition) is 5. The van der Waals surface area contributed by atoms with Gasteiger partial charge in [-0.25, -0.2) is 8.78 Å². The number of piperidine rings is 1. The number of β-amino-alcohol motifs (C(OH)–C–C–N with tert-alkyl or cyclic N) is 1. The Kier molecular flexibility index (Phi) is 8.51. The van der Waals surface area contributed by atoms with Gasteiger partial charge in [-0.3, -0.25) is 9.69 Å². The molecule has 1 N–H and O–H groups in total. The monoisotopic (exact) mass is 433 g/mol. The molecule has 0 radical (unpaired) electrons. The molecule has 1 aliphatic heterocycles. The van der Waals surface area contributed by atoms with E-state index in [4.69, 9.17) is 9.47 Å². The molecule has 1 fully saturated rings. The van der Waals surface area contributed by atoms with Gasteiger partial charge in [-0.05, 0) is 61.7 Å². The summed E-state index contributed by atoms with van der Waals surface area (Å²) in [6.07, 6.45) is 0.318. The first-order valence-electron chi connectivity index (χ1n) is 10.7. The normalized spacial score (nSPS) is 18.2. The molecule has 0 aliphatic carbocycles. The number of ether oxygens (including phenoxy) is 2. The van der Waals surface area contributed by atoms with Crippen LogP contribution in [-0.2, 0) is 14.3 Å². The smallest absolute Gasteiger partial charge is 0.310 e. The van der Waals surface area contributed by atoms with E-state index in [0.717, 1.165) is 19.4 Å². The Hall–Kier alpha value is -2.35. The lowest BCUT2D eigenvalue weighted by atomic mass is 9.98. The molecule has 1 heterocycles. The van der Waals surface area contributed by atoms with Gasteiger partial charge in [0.2, 0.25) is 0 Å². The minimum atomic E-state index is -0.774. The van der Waals surface area contributed by atoms with Crippen LogP contribution >= 0.6 is 0 Å². The van der Waals surface area contributed by atoms with E-state index >= 15 is 0 Å². The van der Waals surface area contributed by atoms with Gasteiger partial charge in [0.05, 0.1) is 25.2 Å². The summed E-state index contributed by atoms with van der Waals surface area (Å²) in [6, 6.07) is 11.8. The van der Waals surface area contributed by atoms with Gasteiger partial charge in [-0.15, -0.1) is 0 Å². The molecule has 3 rings (SSSR count). The first-order valence-corrected chi connectivity index (χ1v) is 10.7. The number of aliphatic hydroxyl groups excluding tert-OH is 1. The van der Waals surface area contributed by atoms with Gasteiger partial charge in [0.1, 0.15) is 17.7 Å². The number of hydrogen-bond donors (Lipinski definition) is 1. The summed E-state index contributed by atoms with van der Waals surface area (Å²) in [5.74, 6) is -1.08. The quantitative estimate of drug-likeness (QED) is 0.611. The molecule has 0 amide bonds. The average molecular weight is 433 g/mol. The van der Waals surface area contributed by atoms with Gasteiger partial charge >= 0.3 is 5.97 Å². The van der Waals surface area contributed by atoms with Crippen LogP contribution in [0.5, 0.6) is 0 Å². The number of carbonyl (C=O) groups excluding carboxylic acids is 1. The second-order valence-corrected chi connectivity index (χ2v) is 7.82. The molecule has 0 bridgehead atoms. The predicted octanol–water partition coefficient (Wildman–Crippen LogP) is 3.71. The van der Waals surface area contributed by atoms with E-state index in [1.54, 1.807) is 31.2 Å². The highest BCUT2D eigenvalue weighted by molar-refractivity contribution is 5.72.